The summed E-state index contributed by atoms with van der Waals surface area (Å²) in [6.45, 7) is 3.73. The maximum absolute atomic E-state index is 12.9. The van der Waals surface area contributed by atoms with Crippen molar-refractivity contribution in [3.8, 4) is 0 Å². The molecule has 2 aromatic rings. The number of halogens is 1. The van der Waals surface area contributed by atoms with E-state index in [1.165, 1.54) is 18.4 Å². The quantitative estimate of drug-likeness (QED) is 0.910. The number of hydrogen-bond acceptors (Lipinski definition) is 4. The van der Waals surface area contributed by atoms with E-state index in [2.05, 4.69) is 15.6 Å². The van der Waals surface area contributed by atoms with E-state index in [1.807, 2.05) is 6.92 Å². The third kappa shape index (κ3) is 3.76. The minimum atomic E-state index is -0.296. The van der Waals surface area contributed by atoms with Gasteiger partial charge in [-0.2, -0.15) is 0 Å². The second-order valence-electron chi connectivity index (χ2n) is 5.84. The first kappa shape index (κ1) is 15.7. The zero-order valence-electron chi connectivity index (χ0n) is 13.0. The highest BCUT2D eigenvalue weighted by molar-refractivity contribution is 5.92. The van der Waals surface area contributed by atoms with Gasteiger partial charge in [-0.1, -0.05) is 12.1 Å². The summed E-state index contributed by atoms with van der Waals surface area (Å²) in [5.41, 5.74) is 1.12. The predicted molar refractivity (Wildman–Crippen MR) is 83.6 cm³/mol. The fourth-order valence-electron chi connectivity index (χ4n) is 2.75. The number of piperidine rings is 1. The Morgan fingerprint density at radius 1 is 1.35 bits per heavy atom. The molecule has 2 heterocycles. The van der Waals surface area contributed by atoms with Crippen molar-refractivity contribution in [3.63, 3.8) is 0 Å². The molecular formula is C17H20FN3O2. The predicted octanol–water partition coefficient (Wildman–Crippen LogP) is 2.77. The van der Waals surface area contributed by atoms with Crippen molar-refractivity contribution in [2.24, 2.45) is 0 Å². The number of oxazole rings is 1. The molecule has 0 spiro atoms. The normalized spacial score (nSPS) is 17.0. The number of nitrogens with zero attached hydrogens (tertiary/aromatic N) is 1. The second kappa shape index (κ2) is 6.91. The molecule has 1 atom stereocenters. The lowest BCUT2D eigenvalue weighted by atomic mass is 9.98. The van der Waals surface area contributed by atoms with Crippen LogP contribution in [-0.4, -0.2) is 24.0 Å². The van der Waals surface area contributed by atoms with Crippen LogP contribution in [0.15, 0.2) is 34.9 Å². The SMILES string of the molecule is CC(NC(=O)c1coc(C2CCNCC2)n1)c1ccc(F)cc1. The van der Waals surface area contributed by atoms with Crippen LogP contribution in [0.3, 0.4) is 0 Å². The molecule has 0 radical (unpaired) electrons. The summed E-state index contributed by atoms with van der Waals surface area (Å²) in [5.74, 6) is 0.319. The summed E-state index contributed by atoms with van der Waals surface area (Å²) in [6.07, 6.45) is 3.34. The standard InChI is InChI=1S/C17H20FN3O2/c1-11(12-2-4-14(18)5-3-12)20-16(22)15-10-23-17(21-15)13-6-8-19-9-7-13/h2-5,10-11,13,19H,6-9H2,1H3,(H,20,22). The molecule has 1 unspecified atom stereocenters. The van der Waals surface area contributed by atoms with Gasteiger partial charge < -0.3 is 15.1 Å². The zero-order valence-corrected chi connectivity index (χ0v) is 13.0. The van der Waals surface area contributed by atoms with Gasteiger partial charge in [-0.05, 0) is 50.6 Å². The highest BCUT2D eigenvalue weighted by Crippen LogP contribution is 2.24. The van der Waals surface area contributed by atoms with Crippen LogP contribution < -0.4 is 10.6 Å². The largest absolute Gasteiger partial charge is 0.448 e. The molecule has 23 heavy (non-hydrogen) atoms. The summed E-state index contributed by atoms with van der Waals surface area (Å²) >= 11 is 0. The summed E-state index contributed by atoms with van der Waals surface area (Å²) in [5, 5.41) is 6.14. The van der Waals surface area contributed by atoms with Gasteiger partial charge in [-0.3, -0.25) is 4.79 Å². The first-order valence-corrected chi connectivity index (χ1v) is 7.86. The van der Waals surface area contributed by atoms with Gasteiger partial charge in [0.1, 0.15) is 12.1 Å². The van der Waals surface area contributed by atoms with Crippen LogP contribution in [0.2, 0.25) is 0 Å². The van der Waals surface area contributed by atoms with Crippen molar-refractivity contribution in [1.29, 1.82) is 0 Å². The molecule has 0 saturated carbocycles. The van der Waals surface area contributed by atoms with E-state index in [1.54, 1.807) is 12.1 Å². The van der Waals surface area contributed by atoms with E-state index in [9.17, 15) is 9.18 Å². The van der Waals surface area contributed by atoms with E-state index < -0.39 is 0 Å². The van der Waals surface area contributed by atoms with Gasteiger partial charge in [0, 0.05) is 5.92 Å². The van der Waals surface area contributed by atoms with Crippen molar-refractivity contribution in [2.75, 3.05) is 13.1 Å². The monoisotopic (exact) mass is 317 g/mol. The van der Waals surface area contributed by atoms with Gasteiger partial charge in [-0.25, -0.2) is 9.37 Å². The number of carbonyl (C=O) groups is 1. The van der Waals surface area contributed by atoms with Crippen LogP contribution in [-0.2, 0) is 0 Å². The van der Waals surface area contributed by atoms with Gasteiger partial charge >= 0.3 is 0 Å². The summed E-state index contributed by atoms with van der Waals surface area (Å²) in [4.78, 5) is 16.6. The van der Waals surface area contributed by atoms with Crippen molar-refractivity contribution in [2.45, 2.75) is 31.7 Å². The van der Waals surface area contributed by atoms with E-state index in [4.69, 9.17) is 4.42 Å². The van der Waals surface area contributed by atoms with Gasteiger partial charge in [0.05, 0.1) is 6.04 Å². The molecule has 1 aliphatic rings. The Kier molecular flexibility index (Phi) is 4.71. The molecule has 2 N–H and O–H groups in total. The molecule has 1 aromatic heterocycles. The van der Waals surface area contributed by atoms with Gasteiger partial charge in [0.25, 0.3) is 5.91 Å². The van der Waals surface area contributed by atoms with Crippen molar-refractivity contribution >= 4 is 5.91 Å². The van der Waals surface area contributed by atoms with Crippen LogP contribution in [0.4, 0.5) is 4.39 Å². The second-order valence-corrected chi connectivity index (χ2v) is 5.84. The number of benzene rings is 1. The highest BCUT2D eigenvalue weighted by Gasteiger charge is 2.22. The van der Waals surface area contributed by atoms with Crippen LogP contribution in [0.5, 0.6) is 0 Å². The number of nitrogens with one attached hydrogen (secondary N) is 2. The third-order valence-corrected chi connectivity index (χ3v) is 4.16. The average molecular weight is 317 g/mol. The van der Waals surface area contributed by atoms with Crippen molar-refractivity contribution in [3.05, 3.63) is 53.5 Å². The van der Waals surface area contributed by atoms with Gasteiger partial charge in [0.2, 0.25) is 0 Å². The summed E-state index contributed by atoms with van der Waals surface area (Å²) in [6, 6.07) is 5.83. The lowest BCUT2D eigenvalue weighted by molar-refractivity contribution is 0.0934. The Balaban J connectivity index is 1.63. The maximum atomic E-state index is 12.9. The minimum Gasteiger partial charge on any atom is -0.448 e. The lowest BCUT2D eigenvalue weighted by Gasteiger charge is -2.19. The van der Waals surface area contributed by atoms with Crippen molar-refractivity contribution in [1.82, 2.24) is 15.6 Å². The Hall–Kier alpha value is -2.21. The summed E-state index contributed by atoms with van der Waals surface area (Å²) < 4.78 is 18.4. The molecule has 122 valence electrons. The molecule has 5 nitrogen and oxygen atoms in total. The topological polar surface area (TPSA) is 67.2 Å². The Morgan fingerprint density at radius 3 is 2.74 bits per heavy atom. The third-order valence-electron chi connectivity index (χ3n) is 4.16. The van der Waals surface area contributed by atoms with Crippen LogP contribution >= 0.6 is 0 Å². The number of carbonyl (C=O) groups excluding carboxylic acids is 1. The molecule has 1 saturated heterocycles. The molecule has 0 aliphatic carbocycles. The molecule has 1 aliphatic heterocycles. The molecule has 1 amide bonds. The minimum absolute atomic E-state index is 0.234. The molecule has 0 bridgehead atoms. The van der Waals surface area contributed by atoms with Crippen LogP contribution in [0.25, 0.3) is 0 Å². The Labute approximate surface area is 134 Å². The Bertz CT molecular complexity index is 663. The fraction of sp³-hybridized carbons (Fsp3) is 0.412. The first-order chi connectivity index (χ1) is 11.1. The maximum Gasteiger partial charge on any atom is 0.273 e. The highest BCUT2D eigenvalue weighted by atomic mass is 19.1. The fourth-order valence-corrected chi connectivity index (χ4v) is 2.75. The zero-order chi connectivity index (χ0) is 16.2. The number of hydrogen-bond donors (Lipinski definition) is 2. The van der Waals surface area contributed by atoms with E-state index >= 15 is 0 Å². The van der Waals surface area contributed by atoms with Gasteiger partial charge in [-0.15, -0.1) is 0 Å². The molecule has 3 rings (SSSR count). The molecule has 1 aromatic carbocycles. The lowest BCUT2D eigenvalue weighted by Crippen LogP contribution is -2.28. The van der Waals surface area contributed by atoms with Crippen LogP contribution in [0.1, 0.15) is 53.7 Å². The molecule has 1 fully saturated rings. The Morgan fingerprint density at radius 2 is 2.04 bits per heavy atom. The number of amides is 1. The van der Waals surface area contributed by atoms with E-state index in [0.717, 1.165) is 31.5 Å². The molecule has 6 heteroatoms. The van der Waals surface area contributed by atoms with Crippen LogP contribution in [0, 0.1) is 5.82 Å². The first-order valence-electron chi connectivity index (χ1n) is 7.86. The van der Waals surface area contributed by atoms with Gasteiger partial charge in [0.15, 0.2) is 11.6 Å². The molecular weight excluding hydrogens is 297 g/mol. The van der Waals surface area contributed by atoms with E-state index in [-0.39, 0.29) is 29.4 Å². The van der Waals surface area contributed by atoms with E-state index in [0.29, 0.717) is 5.89 Å². The summed E-state index contributed by atoms with van der Waals surface area (Å²) in [7, 11) is 0. The average Bonchev–Trinajstić information content (AvgIpc) is 3.06. The smallest absolute Gasteiger partial charge is 0.273 e. The number of rotatable bonds is 4. The van der Waals surface area contributed by atoms with Crippen molar-refractivity contribution < 1.29 is 13.6 Å². The number of aromatic nitrogens is 1.